The fourth-order valence-corrected chi connectivity index (χ4v) is 5.24. The summed E-state index contributed by atoms with van der Waals surface area (Å²) in [6, 6.07) is -0.318. The molecule has 0 aromatic carbocycles. The van der Waals surface area contributed by atoms with Crippen LogP contribution in [0.2, 0.25) is 0 Å². The van der Waals surface area contributed by atoms with E-state index < -0.39 is 7.82 Å². The smallest absolute Gasteiger partial charge is 0.382 e. The molecule has 1 aliphatic rings. The van der Waals surface area contributed by atoms with Gasteiger partial charge in [0, 0.05) is 19.0 Å². The normalized spacial score (nSPS) is 19.4. The van der Waals surface area contributed by atoms with Crippen molar-refractivity contribution in [3.63, 3.8) is 0 Å². The van der Waals surface area contributed by atoms with Gasteiger partial charge >= 0.3 is 7.82 Å². The highest BCUT2D eigenvalue weighted by molar-refractivity contribution is 7.47. The summed E-state index contributed by atoms with van der Waals surface area (Å²) in [4.78, 5) is 21.7. The minimum atomic E-state index is -4.05. The lowest BCUT2D eigenvalue weighted by Crippen LogP contribution is -2.23. The number of carbonyl (C=O) groups excluding carboxylic acids is 1. The van der Waals surface area contributed by atoms with Crippen molar-refractivity contribution >= 4 is 21.6 Å². The maximum Gasteiger partial charge on any atom is 0.472 e. The number of nitrogens with one attached hydrogen (secondary N) is 1. The Morgan fingerprint density at radius 3 is 2.00 bits per heavy atom. The number of rotatable bonds is 25. The summed E-state index contributed by atoms with van der Waals surface area (Å²) >= 11 is 0. The molecular formula is C27H53BNO6P. The second-order valence-electron chi connectivity index (χ2n) is 10.2. The maximum absolute atomic E-state index is 11.9. The summed E-state index contributed by atoms with van der Waals surface area (Å²) in [5.41, 5.74) is 0. The van der Waals surface area contributed by atoms with Gasteiger partial charge in [-0.25, -0.2) is 4.57 Å². The first-order chi connectivity index (χ1) is 17.4. The fourth-order valence-electron chi connectivity index (χ4n) is 4.45. The quantitative estimate of drug-likeness (QED) is 0.0755. The molecule has 1 amide bonds. The highest BCUT2D eigenvalue weighted by Crippen LogP contribution is 2.44. The Labute approximate surface area is 222 Å². The van der Waals surface area contributed by atoms with Crippen LogP contribution >= 0.6 is 7.82 Å². The molecule has 210 valence electrons. The monoisotopic (exact) mass is 529 g/mol. The third kappa shape index (κ3) is 20.6. The van der Waals surface area contributed by atoms with Crippen molar-refractivity contribution in [2.45, 2.75) is 147 Å². The Morgan fingerprint density at radius 2 is 1.42 bits per heavy atom. The summed E-state index contributed by atoms with van der Waals surface area (Å²) in [7, 11) is 1.58. The molecule has 7 nitrogen and oxygen atoms in total. The second kappa shape index (κ2) is 22.6. The first kappa shape index (κ1) is 33.6. The molecule has 1 rings (SSSR count). The van der Waals surface area contributed by atoms with Gasteiger partial charge in [-0.05, 0) is 32.1 Å². The van der Waals surface area contributed by atoms with Crippen LogP contribution in [-0.4, -0.2) is 50.5 Å². The summed E-state index contributed by atoms with van der Waals surface area (Å²) in [6.07, 6.45) is 22.2. The molecule has 1 fully saturated rings. The highest BCUT2D eigenvalue weighted by Gasteiger charge is 2.27. The third-order valence-corrected chi connectivity index (χ3v) is 7.70. The Kier molecular flexibility index (Phi) is 21.1. The van der Waals surface area contributed by atoms with Crippen molar-refractivity contribution in [3.8, 4) is 0 Å². The van der Waals surface area contributed by atoms with Gasteiger partial charge in [0.25, 0.3) is 0 Å². The van der Waals surface area contributed by atoms with Crippen LogP contribution in [0.1, 0.15) is 135 Å². The molecule has 1 saturated heterocycles. The van der Waals surface area contributed by atoms with Crippen LogP contribution < -0.4 is 5.32 Å². The van der Waals surface area contributed by atoms with Crippen LogP contribution in [0.15, 0.2) is 0 Å². The van der Waals surface area contributed by atoms with Gasteiger partial charge < -0.3 is 14.9 Å². The standard InChI is InChI=1S/C27H53BNO6P/c1-2-3-4-5-6-7-8-9-10-11-12-13-16-19-27(30)29-22-17-14-15-18-23-33-36(31,32)34-24-25-20-21-26(28)35-25/h25-26H,2-24H2,1H3,(H,29,30)(H,31,32)/t25-,26+/m0/s1. The molecule has 1 unspecified atom stereocenters. The van der Waals surface area contributed by atoms with Gasteiger partial charge in [0.05, 0.1) is 19.3 Å². The summed E-state index contributed by atoms with van der Waals surface area (Å²) in [5, 5.41) is 2.99. The Morgan fingerprint density at radius 1 is 0.861 bits per heavy atom. The van der Waals surface area contributed by atoms with Crippen molar-refractivity contribution in [1.82, 2.24) is 5.32 Å². The molecule has 0 aromatic heterocycles. The molecule has 0 bridgehead atoms. The zero-order valence-corrected chi connectivity index (χ0v) is 23.8. The second-order valence-corrected chi connectivity index (χ2v) is 11.7. The number of hydrogen-bond acceptors (Lipinski definition) is 5. The molecule has 0 saturated carbocycles. The average molecular weight is 530 g/mol. The fraction of sp³-hybridized carbons (Fsp3) is 0.963. The van der Waals surface area contributed by atoms with Gasteiger partial charge in [0.2, 0.25) is 5.91 Å². The molecule has 0 aliphatic carbocycles. The predicted molar refractivity (Wildman–Crippen MR) is 147 cm³/mol. The Balaban J connectivity index is 1.80. The molecule has 3 atom stereocenters. The van der Waals surface area contributed by atoms with Crippen molar-refractivity contribution in [1.29, 1.82) is 0 Å². The average Bonchev–Trinajstić information content (AvgIpc) is 3.27. The molecule has 9 heteroatoms. The lowest BCUT2D eigenvalue weighted by Gasteiger charge is -2.15. The van der Waals surface area contributed by atoms with E-state index in [-0.39, 0.29) is 31.2 Å². The van der Waals surface area contributed by atoms with Crippen LogP contribution in [-0.2, 0) is 23.1 Å². The molecular weight excluding hydrogens is 476 g/mol. The molecule has 1 heterocycles. The van der Waals surface area contributed by atoms with Gasteiger partial charge in [-0.15, -0.1) is 0 Å². The summed E-state index contributed by atoms with van der Waals surface area (Å²) in [5.74, 6) is 0.145. The maximum atomic E-state index is 11.9. The number of hydrogen-bond donors (Lipinski definition) is 2. The topological polar surface area (TPSA) is 94.1 Å². The number of unbranched alkanes of at least 4 members (excludes halogenated alkanes) is 15. The Hall–Kier alpha value is -0.395. The van der Waals surface area contributed by atoms with Crippen molar-refractivity contribution in [2.75, 3.05) is 19.8 Å². The molecule has 2 radical (unpaired) electrons. The molecule has 2 N–H and O–H groups in total. The number of amides is 1. The van der Waals surface area contributed by atoms with E-state index in [1.807, 2.05) is 0 Å². The van der Waals surface area contributed by atoms with Gasteiger partial charge in [0.15, 0.2) is 0 Å². The van der Waals surface area contributed by atoms with Crippen molar-refractivity contribution in [3.05, 3.63) is 0 Å². The van der Waals surface area contributed by atoms with Gasteiger partial charge in [-0.1, -0.05) is 96.8 Å². The van der Waals surface area contributed by atoms with Crippen LogP contribution in [0.4, 0.5) is 0 Å². The van der Waals surface area contributed by atoms with E-state index >= 15 is 0 Å². The first-order valence-corrected chi connectivity index (χ1v) is 16.2. The zero-order chi connectivity index (χ0) is 26.3. The lowest BCUT2D eigenvalue weighted by atomic mass is 9.97. The lowest BCUT2D eigenvalue weighted by molar-refractivity contribution is -0.121. The van der Waals surface area contributed by atoms with E-state index in [9.17, 15) is 14.3 Å². The SMILES string of the molecule is [B][C@H]1CC[C@@H](COP(=O)(O)OCCCCCCNC(=O)CCCCCCCCCCCCCCC)O1. The minimum absolute atomic E-state index is 0.0144. The van der Waals surface area contributed by atoms with E-state index in [1.165, 1.54) is 70.6 Å². The minimum Gasteiger partial charge on any atom is -0.382 e. The number of phosphoric acid groups is 1. The molecule has 0 spiro atoms. The van der Waals surface area contributed by atoms with Gasteiger partial charge in [0.1, 0.15) is 7.85 Å². The Bertz CT molecular complexity index is 582. The van der Waals surface area contributed by atoms with Crippen LogP contribution in [0.3, 0.4) is 0 Å². The summed E-state index contributed by atoms with van der Waals surface area (Å²) < 4.78 is 27.2. The predicted octanol–water partition coefficient (Wildman–Crippen LogP) is 6.95. The van der Waals surface area contributed by atoms with Crippen LogP contribution in [0.5, 0.6) is 0 Å². The van der Waals surface area contributed by atoms with Crippen LogP contribution in [0.25, 0.3) is 0 Å². The molecule has 0 aromatic rings. The number of ether oxygens (including phenoxy) is 1. The van der Waals surface area contributed by atoms with Crippen molar-refractivity contribution in [2.24, 2.45) is 0 Å². The van der Waals surface area contributed by atoms with E-state index in [1.54, 1.807) is 0 Å². The summed E-state index contributed by atoms with van der Waals surface area (Å²) in [6.45, 7) is 3.13. The van der Waals surface area contributed by atoms with E-state index in [4.69, 9.17) is 21.6 Å². The highest BCUT2D eigenvalue weighted by atomic mass is 31.2. The number of phosphoric ester groups is 1. The van der Waals surface area contributed by atoms with E-state index in [0.717, 1.165) is 44.9 Å². The molecule has 1 aliphatic heterocycles. The molecule has 36 heavy (non-hydrogen) atoms. The third-order valence-electron chi connectivity index (χ3n) is 6.72. The van der Waals surface area contributed by atoms with Gasteiger partial charge in [-0.2, -0.15) is 0 Å². The van der Waals surface area contributed by atoms with E-state index in [2.05, 4.69) is 12.2 Å². The van der Waals surface area contributed by atoms with Crippen LogP contribution in [0, 0.1) is 0 Å². The largest absolute Gasteiger partial charge is 0.472 e. The van der Waals surface area contributed by atoms with Gasteiger partial charge in [-0.3, -0.25) is 13.8 Å². The number of carbonyl (C=O) groups is 1. The zero-order valence-electron chi connectivity index (χ0n) is 22.9. The van der Waals surface area contributed by atoms with E-state index in [0.29, 0.717) is 19.4 Å². The first-order valence-electron chi connectivity index (χ1n) is 14.7. The van der Waals surface area contributed by atoms with Crippen molar-refractivity contribution < 1.29 is 28.0 Å².